The van der Waals surface area contributed by atoms with Gasteiger partial charge in [0.1, 0.15) is 17.3 Å². The Morgan fingerprint density at radius 1 is 1.03 bits per heavy atom. The molecular formula is C30H37N5O3. The highest BCUT2D eigenvalue weighted by molar-refractivity contribution is 6.08. The Morgan fingerprint density at radius 2 is 1.79 bits per heavy atom. The lowest BCUT2D eigenvalue weighted by Crippen LogP contribution is -2.53. The van der Waals surface area contributed by atoms with Crippen LogP contribution in [-0.4, -0.2) is 95.0 Å². The Labute approximate surface area is 224 Å². The maximum absolute atomic E-state index is 14.0. The highest BCUT2D eigenvalue weighted by atomic mass is 16.5. The maximum Gasteiger partial charge on any atom is 0.328 e. The van der Waals surface area contributed by atoms with Crippen molar-refractivity contribution in [2.24, 2.45) is 0 Å². The van der Waals surface area contributed by atoms with Gasteiger partial charge in [0.25, 0.3) is 5.91 Å². The van der Waals surface area contributed by atoms with E-state index in [2.05, 4.69) is 27.9 Å². The fourth-order valence-corrected chi connectivity index (χ4v) is 6.45. The molecule has 3 amide bonds. The van der Waals surface area contributed by atoms with E-state index in [4.69, 9.17) is 4.74 Å². The second-order valence-corrected chi connectivity index (χ2v) is 11.0. The number of nitrogens with zero attached hydrogens (tertiary/aromatic N) is 4. The van der Waals surface area contributed by atoms with Crippen LogP contribution in [0.15, 0.2) is 48.5 Å². The van der Waals surface area contributed by atoms with Gasteiger partial charge >= 0.3 is 6.03 Å². The molecule has 38 heavy (non-hydrogen) atoms. The average Bonchev–Trinajstić information content (AvgIpc) is 3.36. The molecule has 3 aliphatic heterocycles. The third kappa shape index (κ3) is 4.07. The number of rotatable bonds is 7. The quantitative estimate of drug-likeness (QED) is 0.484. The lowest BCUT2D eigenvalue weighted by Gasteiger charge is -2.42. The van der Waals surface area contributed by atoms with Crippen LogP contribution in [0.4, 0.5) is 4.79 Å². The predicted octanol–water partition coefficient (Wildman–Crippen LogP) is 3.87. The summed E-state index contributed by atoms with van der Waals surface area (Å²) < 4.78 is 5.79. The molecule has 1 aromatic heterocycles. The Kier molecular flexibility index (Phi) is 6.40. The zero-order valence-electron chi connectivity index (χ0n) is 22.6. The van der Waals surface area contributed by atoms with E-state index in [0.29, 0.717) is 19.6 Å². The van der Waals surface area contributed by atoms with Gasteiger partial charge in [0.2, 0.25) is 0 Å². The summed E-state index contributed by atoms with van der Waals surface area (Å²) in [6, 6.07) is 15.6. The fourth-order valence-electron chi connectivity index (χ4n) is 6.45. The summed E-state index contributed by atoms with van der Waals surface area (Å²) in [6.45, 7) is 10.0. The number of benzene rings is 2. The molecule has 0 radical (unpaired) electrons. The smallest absolute Gasteiger partial charge is 0.328 e. The molecule has 1 N–H and O–H groups in total. The molecule has 200 valence electrons. The molecule has 0 aliphatic carbocycles. The number of nitrogens with one attached hydrogen (secondary N) is 1. The van der Waals surface area contributed by atoms with E-state index in [-0.39, 0.29) is 18.0 Å². The van der Waals surface area contributed by atoms with Crippen LogP contribution < -0.4 is 4.74 Å². The number of amides is 3. The number of ether oxygens (including phenoxy) is 1. The zero-order valence-corrected chi connectivity index (χ0v) is 22.6. The van der Waals surface area contributed by atoms with Gasteiger partial charge in [0, 0.05) is 55.7 Å². The summed E-state index contributed by atoms with van der Waals surface area (Å²) in [5.41, 5.74) is 3.12. The molecule has 2 aromatic carbocycles. The van der Waals surface area contributed by atoms with Gasteiger partial charge in [-0.1, -0.05) is 30.3 Å². The summed E-state index contributed by atoms with van der Waals surface area (Å²) in [4.78, 5) is 39.7. The van der Waals surface area contributed by atoms with E-state index in [0.717, 1.165) is 72.6 Å². The largest absolute Gasteiger partial charge is 0.494 e. The zero-order chi connectivity index (χ0) is 26.4. The van der Waals surface area contributed by atoms with Crippen molar-refractivity contribution in [3.8, 4) is 5.75 Å². The number of aromatic amines is 1. The number of aromatic nitrogens is 1. The van der Waals surface area contributed by atoms with Crippen LogP contribution in [0.2, 0.25) is 0 Å². The fraction of sp³-hybridized carbons (Fsp3) is 0.467. The first-order chi connectivity index (χ1) is 18.4. The highest BCUT2D eigenvalue weighted by Crippen LogP contribution is 2.49. The number of fused-ring (bicyclic) bond motifs is 4. The van der Waals surface area contributed by atoms with Crippen molar-refractivity contribution in [2.45, 2.75) is 38.3 Å². The van der Waals surface area contributed by atoms with Gasteiger partial charge < -0.3 is 19.5 Å². The molecule has 6 rings (SSSR count). The maximum atomic E-state index is 14.0. The molecule has 2 atom stereocenters. The molecule has 2 fully saturated rings. The standard InChI is InChI=1S/C30H37N5O3/c1-4-38-22-11-12-25-23(19-22)24-20-30(2)28(36)34(14-8-13-33-17-15-32(3)16-18-33)29(37)35(30)27(26(24)31-25)21-9-6-5-7-10-21/h5-7,9-12,19,27,31H,4,8,13-18,20H2,1-3H3/t27-,30+/m1/s1. The third-order valence-electron chi connectivity index (χ3n) is 8.52. The molecular weight excluding hydrogens is 478 g/mol. The van der Waals surface area contributed by atoms with Crippen LogP contribution in [0.25, 0.3) is 10.9 Å². The average molecular weight is 516 g/mol. The first-order valence-electron chi connectivity index (χ1n) is 13.8. The molecule has 3 aliphatic rings. The Morgan fingerprint density at radius 3 is 2.53 bits per heavy atom. The minimum absolute atomic E-state index is 0.0947. The topological polar surface area (TPSA) is 72.1 Å². The first-order valence-corrected chi connectivity index (χ1v) is 13.8. The SMILES string of the molecule is CCOc1ccc2[nH]c3c(c2c1)C[C@@]1(C)C(=O)N(CCCN2CCN(C)CC2)C(=O)N1[C@@H]3c1ccccc1. The van der Waals surface area contributed by atoms with Crippen molar-refractivity contribution in [1.82, 2.24) is 24.6 Å². The third-order valence-corrected chi connectivity index (χ3v) is 8.52. The molecule has 0 spiro atoms. The van der Waals surface area contributed by atoms with Crippen LogP contribution in [0, 0.1) is 0 Å². The number of urea groups is 1. The molecule has 0 unspecified atom stereocenters. The molecule has 2 saturated heterocycles. The van der Waals surface area contributed by atoms with Crippen LogP contribution in [-0.2, 0) is 11.2 Å². The normalized spacial score (nSPS) is 24.2. The van der Waals surface area contributed by atoms with Gasteiger partial charge in [-0.05, 0) is 63.2 Å². The van der Waals surface area contributed by atoms with E-state index in [1.807, 2.05) is 61.2 Å². The number of likely N-dealkylation sites (N-methyl/N-ethyl adjacent to an activating group) is 1. The van der Waals surface area contributed by atoms with Gasteiger partial charge in [-0.2, -0.15) is 0 Å². The summed E-state index contributed by atoms with van der Waals surface area (Å²) in [5.74, 6) is 0.716. The number of H-pyrrole nitrogens is 1. The van der Waals surface area contributed by atoms with Crippen molar-refractivity contribution in [3.63, 3.8) is 0 Å². The Balaban J connectivity index is 1.34. The van der Waals surface area contributed by atoms with Crippen LogP contribution in [0.5, 0.6) is 5.75 Å². The minimum Gasteiger partial charge on any atom is -0.494 e. The minimum atomic E-state index is -0.949. The summed E-state index contributed by atoms with van der Waals surface area (Å²) in [5, 5.41) is 1.06. The number of piperazine rings is 1. The molecule has 8 heteroatoms. The molecule has 8 nitrogen and oxygen atoms in total. The second kappa shape index (κ2) is 9.75. The van der Waals surface area contributed by atoms with Gasteiger partial charge in [0.15, 0.2) is 0 Å². The Bertz CT molecular complexity index is 1350. The van der Waals surface area contributed by atoms with Crippen molar-refractivity contribution in [3.05, 3.63) is 65.4 Å². The van der Waals surface area contributed by atoms with Crippen molar-refractivity contribution in [2.75, 3.05) is 52.9 Å². The van der Waals surface area contributed by atoms with E-state index >= 15 is 0 Å². The number of hydrogen-bond acceptors (Lipinski definition) is 5. The lowest BCUT2D eigenvalue weighted by atomic mass is 9.81. The molecule has 3 aromatic rings. The highest BCUT2D eigenvalue weighted by Gasteiger charge is 2.60. The number of carbonyl (C=O) groups is 2. The van der Waals surface area contributed by atoms with Crippen LogP contribution in [0.3, 0.4) is 0 Å². The second-order valence-electron chi connectivity index (χ2n) is 11.0. The lowest BCUT2D eigenvalue weighted by molar-refractivity contribution is -0.133. The van der Waals surface area contributed by atoms with Gasteiger partial charge in [-0.25, -0.2) is 4.79 Å². The van der Waals surface area contributed by atoms with Gasteiger partial charge in [0.05, 0.1) is 6.61 Å². The van der Waals surface area contributed by atoms with E-state index in [1.54, 1.807) is 0 Å². The first kappa shape index (κ1) is 24.9. The summed E-state index contributed by atoms with van der Waals surface area (Å²) >= 11 is 0. The molecule has 0 bridgehead atoms. The predicted molar refractivity (Wildman–Crippen MR) is 147 cm³/mol. The number of imide groups is 1. The number of carbonyl (C=O) groups excluding carboxylic acids is 2. The molecule has 0 saturated carbocycles. The van der Waals surface area contributed by atoms with Crippen LogP contribution >= 0.6 is 0 Å². The van der Waals surface area contributed by atoms with Crippen molar-refractivity contribution < 1.29 is 14.3 Å². The van der Waals surface area contributed by atoms with E-state index in [1.165, 1.54) is 4.90 Å². The number of hydrogen-bond donors (Lipinski definition) is 1. The monoisotopic (exact) mass is 515 g/mol. The van der Waals surface area contributed by atoms with Crippen LogP contribution in [0.1, 0.15) is 43.1 Å². The van der Waals surface area contributed by atoms with Gasteiger partial charge in [-0.15, -0.1) is 0 Å². The van der Waals surface area contributed by atoms with Crippen molar-refractivity contribution >= 4 is 22.8 Å². The van der Waals surface area contributed by atoms with E-state index in [9.17, 15) is 9.59 Å². The van der Waals surface area contributed by atoms with Gasteiger partial charge in [-0.3, -0.25) is 14.6 Å². The Hall–Kier alpha value is -3.36. The molecule has 4 heterocycles. The summed E-state index contributed by atoms with van der Waals surface area (Å²) in [7, 11) is 2.15. The van der Waals surface area contributed by atoms with E-state index < -0.39 is 5.54 Å². The summed E-state index contributed by atoms with van der Waals surface area (Å²) in [6.07, 6.45) is 1.26. The van der Waals surface area contributed by atoms with Crippen molar-refractivity contribution in [1.29, 1.82) is 0 Å².